The van der Waals surface area contributed by atoms with Crippen LogP contribution in [0.25, 0.3) is 0 Å². The van der Waals surface area contributed by atoms with E-state index < -0.39 is 0 Å². The summed E-state index contributed by atoms with van der Waals surface area (Å²) in [4.78, 5) is 11.9. The average Bonchev–Trinajstić information content (AvgIpc) is 2.90. The molecule has 0 bridgehead atoms. The number of ketones is 1. The lowest BCUT2D eigenvalue weighted by molar-refractivity contribution is -0.118. The predicted octanol–water partition coefficient (Wildman–Crippen LogP) is 4.15. The molecule has 2 rings (SSSR count). The molecule has 0 saturated heterocycles. The number of furan rings is 1. The van der Waals surface area contributed by atoms with E-state index in [1.165, 1.54) is 5.56 Å². The van der Waals surface area contributed by atoms with Gasteiger partial charge in [-0.05, 0) is 29.2 Å². The van der Waals surface area contributed by atoms with E-state index in [2.05, 4.69) is 38.1 Å². The van der Waals surface area contributed by atoms with Crippen molar-refractivity contribution in [3.05, 3.63) is 59.5 Å². The maximum absolute atomic E-state index is 11.9. The van der Waals surface area contributed by atoms with Gasteiger partial charge in [-0.2, -0.15) is 0 Å². The lowest BCUT2D eigenvalue weighted by atomic mass is 9.99. The first kappa shape index (κ1) is 13.6. The van der Waals surface area contributed by atoms with Crippen molar-refractivity contribution < 1.29 is 9.21 Å². The molecular formula is C17H20O2. The zero-order valence-electron chi connectivity index (χ0n) is 11.6. The maximum atomic E-state index is 11.9. The molecule has 0 saturated carbocycles. The third-order valence-electron chi connectivity index (χ3n) is 3.28. The van der Waals surface area contributed by atoms with Gasteiger partial charge in [0, 0.05) is 19.3 Å². The number of benzene rings is 1. The zero-order valence-corrected chi connectivity index (χ0v) is 11.6. The van der Waals surface area contributed by atoms with E-state index in [4.69, 9.17) is 4.42 Å². The molecule has 1 heterocycles. The average molecular weight is 256 g/mol. The van der Waals surface area contributed by atoms with Crippen LogP contribution in [0.2, 0.25) is 0 Å². The second-order valence-corrected chi connectivity index (χ2v) is 5.19. The summed E-state index contributed by atoms with van der Waals surface area (Å²) in [6, 6.07) is 12.1. The highest BCUT2D eigenvalue weighted by molar-refractivity contribution is 5.81. The van der Waals surface area contributed by atoms with Crippen molar-refractivity contribution in [1.29, 1.82) is 0 Å². The van der Waals surface area contributed by atoms with Gasteiger partial charge in [0.2, 0.25) is 0 Å². The van der Waals surface area contributed by atoms with Crippen LogP contribution in [0, 0.1) is 0 Å². The van der Waals surface area contributed by atoms with Crippen LogP contribution >= 0.6 is 0 Å². The van der Waals surface area contributed by atoms with Crippen molar-refractivity contribution in [1.82, 2.24) is 0 Å². The minimum Gasteiger partial charge on any atom is -0.469 e. The number of carbonyl (C=O) groups excluding carboxylic acids is 1. The summed E-state index contributed by atoms with van der Waals surface area (Å²) >= 11 is 0. The molecule has 0 fully saturated rings. The highest BCUT2D eigenvalue weighted by Gasteiger charge is 2.06. The molecule has 0 N–H and O–H groups in total. The smallest absolute Gasteiger partial charge is 0.137 e. The van der Waals surface area contributed by atoms with Crippen LogP contribution in [-0.2, 0) is 17.6 Å². The monoisotopic (exact) mass is 256 g/mol. The second-order valence-electron chi connectivity index (χ2n) is 5.19. The van der Waals surface area contributed by atoms with Gasteiger partial charge in [-0.25, -0.2) is 0 Å². The fraction of sp³-hybridized carbons (Fsp3) is 0.353. The molecule has 2 nitrogen and oxygen atoms in total. The molecule has 0 aliphatic rings. The lowest BCUT2D eigenvalue weighted by Gasteiger charge is -2.06. The predicted molar refractivity (Wildman–Crippen MR) is 76.3 cm³/mol. The lowest BCUT2D eigenvalue weighted by Crippen LogP contribution is -2.04. The number of rotatable bonds is 6. The molecule has 0 aliphatic carbocycles. The maximum Gasteiger partial charge on any atom is 0.137 e. The Kier molecular flexibility index (Phi) is 4.56. The first-order valence-electron chi connectivity index (χ1n) is 6.78. The van der Waals surface area contributed by atoms with Gasteiger partial charge < -0.3 is 4.42 Å². The van der Waals surface area contributed by atoms with Crippen molar-refractivity contribution >= 4 is 5.78 Å². The highest BCUT2D eigenvalue weighted by Crippen LogP contribution is 2.15. The van der Waals surface area contributed by atoms with Gasteiger partial charge >= 0.3 is 0 Å². The van der Waals surface area contributed by atoms with Gasteiger partial charge in [0.25, 0.3) is 0 Å². The van der Waals surface area contributed by atoms with E-state index in [1.54, 1.807) is 6.26 Å². The Labute approximate surface area is 114 Å². The van der Waals surface area contributed by atoms with Crippen LogP contribution in [0.15, 0.2) is 47.1 Å². The Morgan fingerprint density at radius 3 is 2.47 bits per heavy atom. The molecule has 19 heavy (non-hydrogen) atoms. The quantitative estimate of drug-likeness (QED) is 0.777. The van der Waals surface area contributed by atoms with Crippen LogP contribution < -0.4 is 0 Å². The molecule has 0 unspecified atom stereocenters. The first-order valence-corrected chi connectivity index (χ1v) is 6.78. The highest BCUT2D eigenvalue weighted by atomic mass is 16.3. The van der Waals surface area contributed by atoms with Crippen molar-refractivity contribution in [2.24, 2.45) is 0 Å². The van der Waals surface area contributed by atoms with E-state index >= 15 is 0 Å². The Balaban J connectivity index is 1.84. The minimum absolute atomic E-state index is 0.258. The molecule has 0 aliphatic heterocycles. The number of carbonyl (C=O) groups is 1. The topological polar surface area (TPSA) is 30.2 Å². The summed E-state index contributed by atoms with van der Waals surface area (Å²) in [5.74, 6) is 1.67. The number of hydrogen-bond acceptors (Lipinski definition) is 2. The Hall–Kier alpha value is -1.83. The number of hydrogen-bond donors (Lipinski definition) is 0. The summed E-state index contributed by atoms with van der Waals surface area (Å²) in [7, 11) is 0. The second kappa shape index (κ2) is 6.37. The van der Waals surface area contributed by atoms with Crippen molar-refractivity contribution in [3.63, 3.8) is 0 Å². The SMILES string of the molecule is CC(C)c1ccc(CC(=O)CCc2ccco2)cc1. The first-order chi connectivity index (χ1) is 9.15. The Morgan fingerprint density at radius 1 is 1.16 bits per heavy atom. The van der Waals surface area contributed by atoms with E-state index in [0.29, 0.717) is 25.2 Å². The van der Waals surface area contributed by atoms with Crippen LogP contribution in [0.5, 0.6) is 0 Å². The fourth-order valence-electron chi connectivity index (χ4n) is 2.05. The van der Waals surface area contributed by atoms with Crippen LogP contribution in [0.4, 0.5) is 0 Å². The molecule has 1 aromatic heterocycles. The van der Waals surface area contributed by atoms with Gasteiger partial charge in [-0.3, -0.25) is 4.79 Å². The molecule has 0 amide bonds. The molecule has 100 valence electrons. The zero-order chi connectivity index (χ0) is 13.7. The van der Waals surface area contributed by atoms with Gasteiger partial charge in [0.15, 0.2) is 0 Å². The molecule has 0 atom stereocenters. The van der Waals surface area contributed by atoms with Gasteiger partial charge in [0.1, 0.15) is 11.5 Å². The molecule has 0 spiro atoms. The largest absolute Gasteiger partial charge is 0.469 e. The Morgan fingerprint density at radius 2 is 1.89 bits per heavy atom. The fourth-order valence-corrected chi connectivity index (χ4v) is 2.05. The van der Waals surface area contributed by atoms with Crippen molar-refractivity contribution in [3.8, 4) is 0 Å². The molecule has 1 aromatic carbocycles. The van der Waals surface area contributed by atoms with E-state index in [1.807, 2.05) is 12.1 Å². The Bertz CT molecular complexity index is 507. The van der Waals surface area contributed by atoms with Gasteiger partial charge in [0.05, 0.1) is 6.26 Å². The summed E-state index contributed by atoms with van der Waals surface area (Å²) < 4.78 is 5.22. The summed E-state index contributed by atoms with van der Waals surface area (Å²) in [5, 5.41) is 0. The summed E-state index contributed by atoms with van der Waals surface area (Å²) in [6.45, 7) is 4.34. The minimum atomic E-state index is 0.258. The molecule has 2 heteroatoms. The third-order valence-corrected chi connectivity index (χ3v) is 3.28. The molecule has 0 radical (unpaired) electrons. The van der Waals surface area contributed by atoms with Crippen LogP contribution in [-0.4, -0.2) is 5.78 Å². The number of aryl methyl sites for hydroxylation is 1. The summed E-state index contributed by atoms with van der Waals surface area (Å²) in [6.07, 6.45) is 3.39. The molecular weight excluding hydrogens is 236 g/mol. The standard InChI is InChI=1S/C17H20O2/c1-13(2)15-7-5-14(6-8-15)12-16(18)9-10-17-4-3-11-19-17/h3-8,11,13H,9-10,12H2,1-2H3. The number of Topliss-reactive ketones (excluding diaryl/α,β-unsaturated/α-hetero) is 1. The van der Waals surface area contributed by atoms with E-state index in [-0.39, 0.29) is 5.78 Å². The normalized spacial score (nSPS) is 10.9. The molecule has 2 aromatic rings. The van der Waals surface area contributed by atoms with Gasteiger partial charge in [-0.15, -0.1) is 0 Å². The van der Waals surface area contributed by atoms with Crippen molar-refractivity contribution in [2.75, 3.05) is 0 Å². The van der Waals surface area contributed by atoms with Gasteiger partial charge in [-0.1, -0.05) is 38.1 Å². The van der Waals surface area contributed by atoms with Crippen LogP contribution in [0.1, 0.15) is 43.1 Å². The summed E-state index contributed by atoms with van der Waals surface area (Å²) in [5.41, 5.74) is 2.40. The van der Waals surface area contributed by atoms with E-state index in [9.17, 15) is 4.79 Å². The third kappa shape index (κ3) is 4.09. The van der Waals surface area contributed by atoms with Crippen LogP contribution in [0.3, 0.4) is 0 Å². The van der Waals surface area contributed by atoms with E-state index in [0.717, 1.165) is 11.3 Å². The van der Waals surface area contributed by atoms with Crippen molar-refractivity contribution in [2.45, 2.75) is 39.0 Å².